The van der Waals surface area contributed by atoms with Crippen molar-refractivity contribution in [3.8, 4) is 0 Å². The summed E-state index contributed by atoms with van der Waals surface area (Å²) in [6, 6.07) is 33.0. The van der Waals surface area contributed by atoms with Gasteiger partial charge in [0.2, 0.25) is 0 Å². The van der Waals surface area contributed by atoms with Gasteiger partial charge in [0.1, 0.15) is 0 Å². The van der Waals surface area contributed by atoms with Crippen LogP contribution in [0.25, 0.3) is 0 Å². The van der Waals surface area contributed by atoms with E-state index in [4.69, 9.17) is 0 Å². The standard InChI is InChI=1S/C19H20BrNO.C16H12BrNO/c1-2-10-21-13-17(22)11-15-8-9-16(20)12-18(15)19(21)14-6-4-3-5-7-14;17-13-7-6-12-8-14(19)10-18-16(15(12)9-13)11-4-2-1-3-5-11/h3-9,12,19H,2,10-11,13H2,1H3;1-7,9H,8,10H2. The maximum Gasteiger partial charge on any atom is 0.158 e. The summed E-state index contributed by atoms with van der Waals surface area (Å²) in [4.78, 5) is 30.9. The summed E-state index contributed by atoms with van der Waals surface area (Å²) in [6.45, 7) is 3.88. The first kappa shape index (κ1) is 29.3. The van der Waals surface area contributed by atoms with Gasteiger partial charge in [0.25, 0.3) is 0 Å². The van der Waals surface area contributed by atoms with E-state index in [0.29, 0.717) is 25.2 Å². The number of ketones is 2. The highest BCUT2D eigenvalue weighted by molar-refractivity contribution is 9.10. The van der Waals surface area contributed by atoms with Crippen molar-refractivity contribution in [3.63, 3.8) is 0 Å². The lowest BCUT2D eigenvalue weighted by molar-refractivity contribution is -0.119. The van der Waals surface area contributed by atoms with Crippen molar-refractivity contribution in [2.75, 3.05) is 19.6 Å². The molecule has 0 saturated carbocycles. The Morgan fingerprint density at radius 2 is 1.41 bits per heavy atom. The summed E-state index contributed by atoms with van der Waals surface area (Å²) in [5.41, 5.74) is 7.71. The Morgan fingerprint density at radius 3 is 2.12 bits per heavy atom. The number of hydrogen-bond acceptors (Lipinski definition) is 4. The molecule has 2 heterocycles. The van der Waals surface area contributed by atoms with E-state index in [-0.39, 0.29) is 18.4 Å². The highest BCUT2D eigenvalue weighted by Gasteiger charge is 2.29. The van der Waals surface area contributed by atoms with Gasteiger partial charge in [-0.05, 0) is 59.5 Å². The van der Waals surface area contributed by atoms with Crippen molar-refractivity contribution in [2.24, 2.45) is 4.99 Å². The molecular weight excluding hydrogens is 640 g/mol. The van der Waals surface area contributed by atoms with E-state index < -0.39 is 0 Å². The average molecular weight is 672 g/mol. The van der Waals surface area contributed by atoms with E-state index in [2.05, 4.69) is 85.1 Å². The minimum atomic E-state index is 0.153. The fourth-order valence-electron chi connectivity index (χ4n) is 5.57. The van der Waals surface area contributed by atoms with Gasteiger partial charge in [-0.15, -0.1) is 0 Å². The molecule has 6 rings (SSSR count). The van der Waals surface area contributed by atoms with Crippen LogP contribution < -0.4 is 0 Å². The smallest absolute Gasteiger partial charge is 0.158 e. The van der Waals surface area contributed by atoms with Gasteiger partial charge in [-0.25, -0.2) is 0 Å². The molecular formula is C35H32Br2N2O2. The number of nitrogens with zero attached hydrogens (tertiary/aromatic N) is 2. The first-order valence-electron chi connectivity index (χ1n) is 13.9. The first-order chi connectivity index (χ1) is 19.9. The lowest BCUT2D eigenvalue weighted by Gasteiger charge is -2.30. The highest BCUT2D eigenvalue weighted by Crippen LogP contribution is 2.35. The van der Waals surface area contributed by atoms with Crippen molar-refractivity contribution in [1.82, 2.24) is 4.90 Å². The zero-order chi connectivity index (χ0) is 28.8. The Bertz CT molecular complexity index is 1570. The molecule has 4 aromatic carbocycles. The second-order valence-corrected chi connectivity index (χ2v) is 12.2. The second kappa shape index (κ2) is 13.6. The number of benzene rings is 4. The Labute approximate surface area is 258 Å². The number of Topliss-reactive ketones (excluding diaryl/α,β-unsaturated/α-hetero) is 2. The number of rotatable bonds is 4. The number of carbonyl (C=O) groups excluding carboxylic acids is 2. The van der Waals surface area contributed by atoms with E-state index in [1.807, 2.05) is 60.7 Å². The van der Waals surface area contributed by atoms with Crippen molar-refractivity contribution >= 4 is 49.1 Å². The van der Waals surface area contributed by atoms with Crippen LogP contribution in [0.1, 0.15) is 52.8 Å². The average Bonchev–Trinajstić information content (AvgIpc) is 3.22. The van der Waals surface area contributed by atoms with Gasteiger partial charge in [0, 0.05) is 32.9 Å². The lowest BCUT2D eigenvalue weighted by Crippen LogP contribution is -2.33. The molecule has 2 aliphatic rings. The van der Waals surface area contributed by atoms with Gasteiger partial charge >= 0.3 is 0 Å². The minimum Gasteiger partial charge on any atom is -0.298 e. The second-order valence-electron chi connectivity index (χ2n) is 10.4. The van der Waals surface area contributed by atoms with Gasteiger partial charge in [-0.3, -0.25) is 19.5 Å². The highest BCUT2D eigenvalue weighted by atomic mass is 79.9. The fourth-order valence-corrected chi connectivity index (χ4v) is 6.31. The van der Waals surface area contributed by atoms with Crippen LogP contribution in [0.5, 0.6) is 0 Å². The molecule has 0 N–H and O–H groups in total. The molecule has 41 heavy (non-hydrogen) atoms. The third-order valence-electron chi connectivity index (χ3n) is 7.34. The van der Waals surface area contributed by atoms with Crippen LogP contribution in [0.15, 0.2) is 111 Å². The molecule has 4 aromatic rings. The molecule has 6 heteroatoms. The topological polar surface area (TPSA) is 49.7 Å². The Kier molecular flexibility index (Phi) is 9.76. The monoisotopic (exact) mass is 670 g/mol. The van der Waals surface area contributed by atoms with Gasteiger partial charge in [0.05, 0.1) is 24.8 Å². The fraction of sp³-hybridized carbons (Fsp3) is 0.229. The summed E-state index contributed by atoms with van der Waals surface area (Å²) in [5.74, 6) is 0.463. The molecule has 0 fully saturated rings. The van der Waals surface area contributed by atoms with Gasteiger partial charge in [-0.1, -0.05) is 112 Å². The Hall–Kier alpha value is -3.19. The van der Waals surface area contributed by atoms with Crippen LogP contribution >= 0.6 is 31.9 Å². The van der Waals surface area contributed by atoms with E-state index in [0.717, 1.165) is 49.9 Å². The van der Waals surface area contributed by atoms with Gasteiger partial charge < -0.3 is 0 Å². The van der Waals surface area contributed by atoms with Crippen LogP contribution in [-0.4, -0.2) is 41.8 Å². The van der Waals surface area contributed by atoms with Crippen LogP contribution in [0.2, 0.25) is 0 Å². The molecule has 1 atom stereocenters. The normalized spacial score (nSPS) is 16.9. The van der Waals surface area contributed by atoms with Gasteiger partial charge in [0.15, 0.2) is 11.6 Å². The maximum absolute atomic E-state index is 12.3. The number of aliphatic imine (C=N–C) groups is 1. The number of carbonyl (C=O) groups is 2. The van der Waals surface area contributed by atoms with Gasteiger partial charge in [-0.2, -0.15) is 0 Å². The third kappa shape index (κ3) is 7.18. The molecule has 1 unspecified atom stereocenters. The summed E-state index contributed by atoms with van der Waals surface area (Å²) in [6.07, 6.45) is 2.04. The van der Waals surface area contributed by atoms with E-state index in [1.165, 1.54) is 11.1 Å². The van der Waals surface area contributed by atoms with E-state index in [9.17, 15) is 9.59 Å². The number of hydrogen-bond donors (Lipinski definition) is 0. The summed E-state index contributed by atoms with van der Waals surface area (Å²) in [7, 11) is 0. The minimum absolute atomic E-state index is 0.153. The summed E-state index contributed by atoms with van der Waals surface area (Å²) >= 11 is 7.08. The Morgan fingerprint density at radius 1 is 0.780 bits per heavy atom. The molecule has 0 saturated heterocycles. The van der Waals surface area contributed by atoms with E-state index >= 15 is 0 Å². The lowest BCUT2D eigenvalue weighted by atomic mass is 9.93. The van der Waals surface area contributed by atoms with Crippen LogP contribution in [0, 0.1) is 0 Å². The molecule has 4 nitrogen and oxygen atoms in total. The largest absolute Gasteiger partial charge is 0.298 e. The maximum atomic E-state index is 12.3. The molecule has 0 aromatic heterocycles. The number of halogens is 2. The summed E-state index contributed by atoms with van der Waals surface area (Å²) in [5, 5.41) is 0. The first-order valence-corrected chi connectivity index (χ1v) is 15.5. The summed E-state index contributed by atoms with van der Waals surface area (Å²) < 4.78 is 2.07. The van der Waals surface area contributed by atoms with Crippen molar-refractivity contribution in [3.05, 3.63) is 139 Å². The zero-order valence-electron chi connectivity index (χ0n) is 23.0. The molecule has 0 amide bonds. The molecule has 0 spiro atoms. The van der Waals surface area contributed by atoms with Crippen LogP contribution in [0.3, 0.4) is 0 Å². The molecule has 0 radical (unpaired) electrons. The predicted molar refractivity (Wildman–Crippen MR) is 173 cm³/mol. The van der Waals surface area contributed by atoms with Crippen LogP contribution in [-0.2, 0) is 22.4 Å². The van der Waals surface area contributed by atoms with E-state index in [1.54, 1.807) is 0 Å². The van der Waals surface area contributed by atoms with Crippen molar-refractivity contribution in [2.45, 2.75) is 32.2 Å². The molecule has 0 bridgehead atoms. The molecule has 2 aliphatic heterocycles. The Balaban J connectivity index is 0.000000166. The van der Waals surface area contributed by atoms with Crippen LogP contribution in [0.4, 0.5) is 0 Å². The third-order valence-corrected chi connectivity index (χ3v) is 8.32. The predicted octanol–water partition coefficient (Wildman–Crippen LogP) is 7.79. The SMILES string of the molecule is CCCN1CC(=O)Cc2ccc(Br)cc2C1c1ccccc1.O=C1CN=C(c2ccccc2)c2cc(Br)ccc2C1. The van der Waals surface area contributed by atoms with Crippen molar-refractivity contribution < 1.29 is 9.59 Å². The zero-order valence-corrected chi connectivity index (χ0v) is 26.2. The molecule has 0 aliphatic carbocycles. The number of fused-ring (bicyclic) bond motifs is 2. The molecule has 208 valence electrons. The quantitative estimate of drug-likeness (QED) is 0.223. The van der Waals surface area contributed by atoms with Crippen molar-refractivity contribution in [1.29, 1.82) is 0 Å².